The van der Waals surface area contributed by atoms with Crippen molar-refractivity contribution < 1.29 is 9.84 Å². The highest BCUT2D eigenvalue weighted by atomic mass is 35.5. The molecule has 1 fully saturated rings. The summed E-state index contributed by atoms with van der Waals surface area (Å²) in [5, 5.41) is 11.3. The van der Waals surface area contributed by atoms with Crippen LogP contribution in [-0.2, 0) is 5.41 Å². The van der Waals surface area contributed by atoms with E-state index in [9.17, 15) is 5.11 Å². The molecule has 20 heavy (non-hydrogen) atoms. The third-order valence-electron chi connectivity index (χ3n) is 4.15. The van der Waals surface area contributed by atoms with E-state index in [1.165, 1.54) is 5.56 Å². The number of halogens is 1. The SMILES string of the molecule is COc1cc(C(O)C2(c3ccccc3)CC2)ccc1Cl. The molecule has 0 saturated heterocycles. The van der Waals surface area contributed by atoms with E-state index in [0.717, 1.165) is 18.4 Å². The third-order valence-corrected chi connectivity index (χ3v) is 4.46. The van der Waals surface area contributed by atoms with Crippen molar-refractivity contribution >= 4 is 11.6 Å². The topological polar surface area (TPSA) is 29.5 Å². The number of hydrogen-bond donors (Lipinski definition) is 1. The first-order valence-electron chi connectivity index (χ1n) is 6.74. The molecule has 0 radical (unpaired) electrons. The average Bonchev–Trinajstić information content (AvgIpc) is 3.30. The van der Waals surface area contributed by atoms with Crippen LogP contribution < -0.4 is 4.74 Å². The van der Waals surface area contributed by atoms with E-state index in [4.69, 9.17) is 16.3 Å². The van der Waals surface area contributed by atoms with Crippen molar-refractivity contribution in [3.05, 3.63) is 64.7 Å². The lowest BCUT2D eigenvalue weighted by atomic mass is 9.86. The molecule has 1 atom stereocenters. The predicted molar refractivity (Wildman–Crippen MR) is 80.3 cm³/mol. The first kappa shape index (κ1) is 13.5. The van der Waals surface area contributed by atoms with Gasteiger partial charge >= 0.3 is 0 Å². The summed E-state index contributed by atoms with van der Waals surface area (Å²) < 4.78 is 5.23. The van der Waals surface area contributed by atoms with Gasteiger partial charge in [-0.1, -0.05) is 48.0 Å². The molecular formula is C17H17ClO2. The molecule has 0 amide bonds. The molecule has 2 aromatic carbocycles. The maximum absolute atomic E-state index is 10.8. The lowest BCUT2D eigenvalue weighted by Crippen LogP contribution is -2.18. The van der Waals surface area contributed by atoms with Crippen molar-refractivity contribution in [1.29, 1.82) is 0 Å². The summed E-state index contributed by atoms with van der Waals surface area (Å²) in [7, 11) is 1.58. The van der Waals surface area contributed by atoms with Crippen molar-refractivity contribution in [2.75, 3.05) is 7.11 Å². The molecule has 0 heterocycles. The number of hydrogen-bond acceptors (Lipinski definition) is 2. The number of rotatable bonds is 4. The molecule has 2 aromatic rings. The van der Waals surface area contributed by atoms with Crippen LogP contribution in [0.2, 0.25) is 5.02 Å². The number of benzene rings is 2. The Morgan fingerprint density at radius 2 is 1.85 bits per heavy atom. The van der Waals surface area contributed by atoms with Crippen LogP contribution in [0.1, 0.15) is 30.1 Å². The number of aliphatic hydroxyl groups excluding tert-OH is 1. The Labute approximate surface area is 124 Å². The maximum atomic E-state index is 10.8. The largest absolute Gasteiger partial charge is 0.495 e. The fourth-order valence-corrected chi connectivity index (χ4v) is 2.98. The zero-order chi connectivity index (χ0) is 14.2. The minimum Gasteiger partial charge on any atom is -0.495 e. The minimum atomic E-state index is -0.531. The highest BCUT2D eigenvalue weighted by molar-refractivity contribution is 6.32. The second-order valence-electron chi connectivity index (χ2n) is 5.32. The van der Waals surface area contributed by atoms with E-state index in [-0.39, 0.29) is 5.41 Å². The van der Waals surface area contributed by atoms with E-state index >= 15 is 0 Å². The summed E-state index contributed by atoms with van der Waals surface area (Å²) in [4.78, 5) is 0. The van der Waals surface area contributed by atoms with Gasteiger partial charge in [-0.2, -0.15) is 0 Å². The zero-order valence-corrected chi connectivity index (χ0v) is 12.1. The van der Waals surface area contributed by atoms with Crippen LogP contribution in [-0.4, -0.2) is 12.2 Å². The van der Waals surface area contributed by atoms with Gasteiger partial charge in [0.2, 0.25) is 0 Å². The highest BCUT2D eigenvalue weighted by Gasteiger charge is 2.50. The molecular weight excluding hydrogens is 272 g/mol. The van der Waals surface area contributed by atoms with Gasteiger partial charge in [-0.3, -0.25) is 0 Å². The first-order chi connectivity index (χ1) is 9.67. The molecule has 1 saturated carbocycles. The summed E-state index contributed by atoms with van der Waals surface area (Å²) in [5.41, 5.74) is 1.90. The van der Waals surface area contributed by atoms with Gasteiger partial charge in [0, 0.05) is 5.41 Å². The van der Waals surface area contributed by atoms with Crippen LogP contribution in [0.3, 0.4) is 0 Å². The van der Waals surface area contributed by atoms with Crippen LogP contribution in [0.4, 0.5) is 0 Å². The van der Waals surface area contributed by atoms with Gasteiger partial charge in [-0.25, -0.2) is 0 Å². The number of aliphatic hydroxyl groups is 1. The molecule has 104 valence electrons. The standard InChI is InChI=1S/C17H17ClO2/c1-20-15-11-12(7-8-14(15)18)16(19)17(9-10-17)13-5-3-2-4-6-13/h2-8,11,16,19H,9-10H2,1H3. The van der Waals surface area contributed by atoms with Gasteiger partial charge in [0.1, 0.15) is 5.75 Å². The van der Waals surface area contributed by atoms with Gasteiger partial charge in [-0.05, 0) is 36.1 Å². The van der Waals surface area contributed by atoms with E-state index < -0.39 is 6.10 Å². The Balaban J connectivity index is 1.95. The van der Waals surface area contributed by atoms with Crippen LogP contribution in [0.25, 0.3) is 0 Å². The van der Waals surface area contributed by atoms with Crippen molar-refractivity contribution in [1.82, 2.24) is 0 Å². The van der Waals surface area contributed by atoms with Crippen molar-refractivity contribution in [2.24, 2.45) is 0 Å². The van der Waals surface area contributed by atoms with E-state index in [1.54, 1.807) is 13.2 Å². The maximum Gasteiger partial charge on any atom is 0.137 e. The first-order valence-corrected chi connectivity index (χ1v) is 7.12. The Hall–Kier alpha value is -1.51. The molecule has 0 bridgehead atoms. The summed E-state index contributed by atoms with van der Waals surface area (Å²) >= 11 is 6.04. The Kier molecular flexibility index (Phi) is 3.45. The minimum absolute atomic E-state index is 0.153. The van der Waals surface area contributed by atoms with Crippen LogP contribution in [0.15, 0.2) is 48.5 Å². The molecule has 0 aliphatic heterocycles. The Morgan fingerprint density at radius 3 is 2.45 bits per heavy atom. The quantitative estimate of drug-likeness (QED) is 0.917. The fourth-order valence-electron chi connectivity index (χ4n) is 2.79. The van der Waals surface area contributed by atoms with Crippen LogP contribution in [0.5, 0.6) is 5.75 Å². The van der Waals surface area contributed by atoms with Crippen LogP contribution >= 0.6 is 11.6 Å². The Bertz CT molecular complexity index is 606. The molecule has 1 aliphatic rings. The monoisotopic (exact) mass is 288 g/mol. The Morgan fingerprint density at radius 1 is 1.15 bits per heavy atom. The number of methoxy groups -OCH3 is 1. The molecule has 2 nitrogen and oxygen atoms in total. The van der Waals surface area contributed by atoms with Crippen molar-refractivity contribution in [3.8, 4) is 5.75 Å². The second-order valence-corrected chi connectivity index (χ2v) is 5.73. The van der Waals surface area contributed by atoms with Gasteiger partial charge in [-0.15, -0.1) is 0 Å². The summed E-state index contributed by atoms with van der Waals surface area (Å²) in [6, 6.07) is 15.7. The molecule has 1 aliphatic carbocycles. The van der Waals surface area contributed by atoms with Gasteiger partial charge in [0.05, 0.1) is 18.2 Å². The normalized spacial score (nSPS) is 17.6. The summed E-state index contributed by atoms with van der Waals surface area (Å²) in [5.74, 6) is 0.604. The van der Waals surface area contributed by atoms with Crippen LogP contribution in [0, 0.1) is 0 Å². The van der Waals surface area contributed by atoms with E-state index in [2.05, 4.69) is 12.1 Å². The van der Waals surface area contributed by atoms with Crippen molar-refractivity contribution in [2.45, 2.75) is 24.4 Å². The molecule has 3 rings (SSSR count). The zero-order valence-electron chi connectivity index (χ0n) is 11.3. The fraction of sp³-hybridized carbons (Fsp3) is 0.294. The predicted octanol–water partition coefficient (Wildman–Crippen LogP) is 4.11. The summed E-state index contributed by atoms with van der Waals surface area (Å²) in [6.45, 7) is 0. The third kappa shape index (κ3) is 2.19. The second kappa shape index (κ2) is 5.12. The van der Waals surface area contributed by atoms with Gasteiger partial charge in [0.15, 0.2) is 0 Å². The molecule has 1 unspecified atom stereocenters. The molecule has 0 aromatic heterocycles. The lowest BCUT2D eigenvalue weighted by Gasteiger charge is -2.23. The van der Waals surface area contributed by atoms with E-state index in [1.807, 2.05) is 30.3 Å². The highest BCUT2D eigenvalue weighted by Crippen LogP contribution is 2.56. The lowest BCUT2D eigenvalue weighted by molar-refractivity contribution is 0.133. The molecule has 1 N–H and O–H groups in total. The van der Waals surface area contributed by atoms with Gasteiger partial charge < -0.3 is 9.84 Å². The number of ether oxygens (including phenoxy) is 1. The van der Waals surface area contributed by atoms with E-state index in [0.29, 0.717) is 10.8 Å². The average molecular weight is 289 g/mol. The van der Waals surface area contributed by atoms with Gasteiger partial charge in [0.25, 0.3) is 0 Å². The molecule has 0 spiro atoms. The smallest absolute Gasteiger partial charge is 0.137 e. The van der Waals surface area contributed by atoms with Crippen molar-refractivity contribution in [3.63, 3.8) is 0 Å². The molecule has 3 heteroatoms. The summed E-state index contributed by atoms with van der Waals surface area (Å²) in [6.07, 6.45) is 1.47.